The third-order valence-corrected chi connectivity index (χ3v) is 1.39. The van der Waals surface area contributed by atoms with Crippen LogP contribution in [0.15, 0.2) is 4.99 Å². The van der Waals surface area contributed by atoms with Gasteiger partial charge in [0, 0.05) is 15.0 Å². The zero-order valence-corrected chi connectivity index (χ0v) is 6.72. The number of guanidine groups is 1. The Morgan fingerprint density at radius 3 is 3.00 bits per heavy atom. The van der Waals surface area contributed by atoms with Crippen LogP contribution in [0.1, 0.15) is 21.6 Å². The van der Waals surface area contributed by atoms with Gasteiger partial charge >= 0.3 is 0 Å². The van der Waals surface area contributed by atoms with Gasteiger partial charge in [0.15, 0.2) is 5.96 Å². The molecule has 0 amide bonds. The van der Waals surface area contributed by atoms with Crippen molar-refractivity contribution in [2.75, 3.05) is 13.6 Å². The molecule has 1 atom stereocenters. The Kier molecular flexibility index (Phi) is 3.75. The maximum atomic E-state index is 7.14. The van der Waals surface area contributed by atoms with Gasteiger partial charge in [-0.15, -0.1) is 0 Å². The van der Waals surface area contributed by atoms with E-state index in [4.69, 9.17) is 7.10 Å². The van der Waals surface area contributed by atoms with Gasteiger partial charge in [0.2, 0.25) is 0 Å². The summed E-state index contributed by atoms with van der Waals surface area (Å²) >= 11 is 0. The fourth-order valence-electron chi connectivity index (χ4n) is 0.472. The topological polar surface area (TPSA) is 50.4 Å². The van der Waals surface area contributed by atoms with Crippen LogP contribution in [0.4, 0.5) is 0 Å². The van der Waals surface area contributed by atoms with E-state index in [1.54, 1.807) is 7.05 Å². The molecular formula is C7H17N3. The predicted molar refractivity (Wildman–Crippen MR) is 45.0 cm³/mol. The van der Waals surface area contributed by atoms with Gasteiger partial charge in [0.25, 0.3) is 0 Å². The highest BCUT2D eigenvalue weighted by molar-refractivity contribution is 5.77. The predicted octanol–water partition coefficient (Wildman–Crippen LogP) is 0.567. The molecule has 0 bridgehead atoms. The highest BCUT2D eigenvalue weighted by Gasteiger charge is 1.96. The van der Waals surface area contributed by atoms with Crippen molar-refractivity contribution in [3.8, 4) is 0 Å². The third kappa shape index (κ3) is 4.18. The summed E-state index contributed by atoms with van der Waals surface area (Å²) < 4.78 is 7.14. The summed E-state index contributed by atoms with van der Waals surface area (Å²) in [4.78, 5) is 3.75. The lowest BCUT2D eigenvalue weighted by molar-refractivity contribution is 0.547. The van der Waals surface area contributed by atoms with Gasteiger partial charge in [-0.3, -0.25) is 4.99 Å². The molecule has 3 nitrogen and oxygen atoms in total. The first kappa shape index (κ1) is 7.38. The first-order chi connectivity index (χ1) is 5.24. The quantitative estimate of drug-likeness (QED) is 0.449. The SMILES string of the molecule is [2H]CC(CC)CNC(N)=NC. The van der Waals surface area contributed by atoms with Crippen LogP contribution in [0.5, 0.6) is 0 Å². The van der Waals surface area contributed by atoms with Crippen LogP contribution in [-0.4, -0.2) is 19.6 Å². The molecule has 3 heteroatoms. The van der Waals surface area contributed by atoms with E-state index in [9.17, 15) is 0 Å². The first-order valence-corrected chi connectivity index (χ1v) is 3.49. The number of nitrogens with one attached hydrogen (secondary N) is 1. The summed E-state index contributed by atoms with van der Waals surface area (Å²) in [6.45, 7) is 3.27. The van der Waals surface area contributed by atoms with Crippen LogP contribution in [0.25, 0.3) is 0 Å². The lowest BCUT2D eigenvalue weighted by Crippen LogP contribution is -2.34. The van der Waals surface area contributed by atoms with Gasteiger partial charge in [0.1, 0.15) is 0 Å². The van der Waals surface area contributed by atoms with Crippen molar-refractivity contribution in [1.29, 1.82) is 0 Å². The van der Waals surface area contributed by atoms with E-state index >= 15 is 0 Å². The Labute approximate surface area is 64.1 Å². The van der Waals surface area contributed by atoms with E-state index in [0.29, 0.717) is 18.8 Å². The van der Waals surface area contributed by atoms with Crippen LogP contribution in [0.2, 0.25) is 0 Å². The van der Waals surface area contributed by atoms with Gasteiger partial charge in [-0.1, -0.05) is 20.2 Å². The molecular weight excluding hydrogens is 126 g/mol. The van der Waals surface area contributed by atoms with Gasteiger partial charge in [0.05, 0.1) is 0 Å². The molecule has 0 aromatic rings. The minimum Gasteiger partial charge on any atom is -0.370 e. The molecule has 0 spiro atoms. The molecule has 0 aliphatic heterocycles. The van der Waals surface area contributed by atoms with Crippen molar-refractivity contribution in [2.45, 2.75) is 20.2 Å². The van der Waals surface area contributed by atoms with Gasteiger partial charge in [-0.2, -0.15) is 0 Å². The van der Waals surface area contributed by atoms with Gasteiger partial charge in [-0.05, 0) is 5.92 Å². The summed E-state index contributed by atoms with van der Waals surface area (Å²) in [7, 11) is 1.64. The van der Waals surface area contributed by atoms with E-state index in [1.165, 1.54) is 0 Å². The standard InChI is InChI=1S/C7H17N3/c1-4-6(2)5-10-7(8)9-3/h6H,4-5H2,1-3H3,(H3,8,9,10)/i2D. The molecule has 0 rings (SSSR count). The molecule has 0 aromatic heterocycles. The molecule has 0 radical (unpaired) electrons. The van der Waals surface area contributed by atoms with E-state index in [0.717, 1.165) is 13.0 Å². The smallest absolute Gasteiger partial charge is 0.188 e. The average Bonchev–Trinajstić information content (AvgIpc) is 2.06. The van der Waals surface area contributed by atoms with Crippen LogP contribution in [0.3, 0.4) is 0 Å². The molecule has 0 aliphatic rings. The van der Waals surface area contributed by atoms with E-state index in [-0.39, 0.29) is 0 Å². The van der Waals surface area contributed by atoms with Crippen molar-refractivity contribution < 1.29 is 1.37 Å². The molecule has 0 aromatic carbocycles. The monoisotopic (exact) mass is 144 g/mol. The lowest BCUT2D eigenvalue weighted by Gasteiger charge is -2.09. The number of aliphatic imine (C=N–C) groups is 1. The Balaban J connectivity index is 3.50. The molecule has 0 heterocycles. The average molecular weight is 144 g/mol. The number of nitrogens with two attached hydrogens (primary N) is 1. The summed E-state index contributed by atoms with van der Waals surface area (Å²) in [6.07, 6.45) is 1.01. The molecule has 10 heavy (non-hydrogen) atoms. The highest BCUT2D eigenvalue weighted by atomic mass is 15.1. The zero-order chi connectivity index (χ0) is 8.69. The number of hydrogen-bond donors (Lipinski definition) is 2. The van der Waals surface area contributed by atoms with Crippen LogP contribution >= 0.6 is 0 Å². The van der Waals surface area contributed by atoms with Crippen LogP contribution in [0, 0.1) is 5.92 Å². The van der Waals surface area contributed by atoms with Gasteiger partial charge < -0.3 is 11.1 Å². The fraction of sp³-hybridized carbons (Fsp3) is 0.857. The second-order valence-electron chi connectivity index (χ2n) is 2.26. The number of nitrogens with zero attached hydrogens (tertiary/aromatic N) is 1. The second kappa shape index (κ2) is 5.09. The zero-order valence-electron chi connectivity index (χ0n) is 7.72. The minimum absolute atomic E-state index is 0.385. The van der Waals surface area contributed by atoms with E-state index < -0.39 is 0 Å². The van der Waals surface area contributed by atoms with Crippen molar-refractivity contribution in [3.63, 3.8) is 0 Å². The lowest BCUT2D eigenvalue weighted by atomic mass is 10.1. The fourth-order valence-corrected chi connectivity index (χ4v) is 0.472. The largest absolute Gasteiger partial charge is 0.370 e. The molecule has 0 fully saturated rings. The van der Waals surface area contributed by atoms with Gasteiger partial charge in [-0.25, -0.2) is 0 Å². The van der Waals surface area contributed by atoms with Crippen LogP contribution in [-0.2, 0) is 0 Å². The molecule has 1 unspecified atom stereocenters. The Hall–Kier alpha value is -0.730. The van der Waals surface area contributed by atoms with Crippen molar-refractivity contribution in [1.82, 2.24) is 5.32 Å². The Morgan fingerprint density at radius 2 is 2.60 bits per heavy atom. The molecule has 0 saturated carbocycles. The summed E-state index contributed by atoms with van der Waals surface area (Å²) in [6, 6.07) is 0. The molecule has 60 valence electrons. The highest BCUT2D eigenvalue weighted by Crippen LogP contribution is 1.96. The van der Waals surface area contributed by atoms with Crippen molar-refractivity contribution >= 4 is 5.96 Å². The number of rotatable bonds is 3. The second-order valence-corrected chi connectivity index (χ2v) is 2.26. The summed E-state index contributed by atoms with van der Waals surface area (Å²) in [5, 5.41) is 2.94. The minimum atomic E-state index is 0.385. The first-order valence-electron chi connectivity index (χ1n) is 4.20. The maximum absolute atomic E-state index is 7.14. The Bertz CT molecular complexity index is 121. The van der Waals surface area contributed by atoms with E-state index in [1.807, 2.05) is 0 Å². The molecule has 0 saturated heterocycles. The Morgan fingerprint density at radius 1 is 1.90 bits per heavy atom. The molecule has 0 aliphatic carbocycles. The maximum Gasteiger partial charge on any atom is 0.188 e. The summed E-state index contributed by atoms with van der Waals surface area (Å²) in [5.41, 5.74) is 5.41. The molecule has 3 N–H and O–H groups in total. The van der Waals surface area contributed by atoms with E-state index in [2.05, 4.69) is 17.2 Å². The normalized spacial score (nSPS) is 16.2. The number of hydrogen-bond acceptors (Lipinski definition) is 1. The van der Waals surface area contributed by atoms with Crippen molar-refractivity contribution in [2.24, 2.45) is 16.6 Å². The summed E-state index contributed by atoms with van der Waals surface area (Å²) in [5.74, 6) is 0.840. The van der Waals surface area contributed by atoms with Crippen LogP contribution < -0.4 is 11.1 Å². The van der Waals surface area contributed by atoms with Crippen molar-refractivity contribution in [3.05, 3.63) is 0 Å². The third-order valence-electron chi connectivity index (χ3n) is 1.39.